The molecule has 0 saturated heterocycles. The van der Waals surface area contributed by atoms with Crippen molar-refractivity contribution in [3.8, 4) is 22.3 Å². The average molecular weight is 593 g/mol. The van der Waals surface area contributed by atoms with E-state index in [1.165, 1.54) is 5.39 Å². The summed E-state index contributed by atoms with van der Waals surface area (Å²) in [5.41, 5.74) is 17.1. The van der Waals surface area contributed by atoms with Crippen LogP contribution in [0.3, 0.4) is 0 Å². The molecule has 0 radical (unpaired) electrons. The molecular weight excluding hydrogens is 560 g/mol. The minimum atomic E-state index is -0.584. The molecule has 3 nitrogen and oxygen atoms in total. The third kappa shape index (κ3) is 4.49. The van der Waals surface area contributed by atoms with Crippen molar-refractivity contribution in [2.24, 2.45) is 0 Å². The molecule has 1 aliphatic rings. The summed E-state index contributed by atoms with van der Waals surface area (Å²) in [4.78, 5) is 0. The molecule has 7 aromatic rings. The molecule has 8 rings (SSSR count). The first kappa shape index (κ1) is 27.6. The number of hydrazine groups is 1. The first-order valence-corrected chi connectivity index (χ1v) is 15.5. The van der Waals surface area contributed by atoms with Crippen molar-refractivity contribution in [1.29, 1.82) is 0 Å². The maximum atomic E-state index is 6.47. The van der Waals surface area contributed by atoms with Crippen molar-refractivity contribution in [1.82, 2.24) is 10.9 Å². The number of furan rings is 1. The van der Waals surface area contributed by atoms with Crippen molar-refractivity contribution in [2.45, 2.75) is 5.54 Å². The van der Waals surface area contributed by atoms with E-state index in [0.717, 1.165) is 72.0 Å². The Morgan fingerprint density at radius 3 is 2.17 bits per heavy atom. The van der Waals surface area contributed by atoms with E-state index in [4.69, 9.17) is 4.42 Å². The highest BCUT2D eigenvalue weighted by molar-refractivity contribution is 6.19. The Morgan fingerprint density at radius 2 is 1.37 bits per heavy atom. The lowest BCUT2D eigenvalue weighted by Crippen LogP contribution is -2.43. The largest absolute Gasteiger partial charge is 0.455 e. The molecule has 0 saturated carbocycles. The summed E-state index contributed by atoms with van der Waals surface area (Å²) in [5, 5.41) is 4.59. The quantitative estimate of drug-likeness (QED) is 0.181. The van der Waals surface area contributed by atoms with Gasteiger partial charge in [-0.15, -0.1) is 0 Å². The Kier molecular flexibility index (Phi) is 6.75. The number of hydrogen-bond acceptors (Lipinski definition) is 3. The fourth-order valence-electron chi connectivity index (χ4n) is 6.80. The number of benzene rings is 6. The molecule has 1 aliphatic heterocycles. The summed E-state index contributed by atoms with van der Waals surface area (Å²) in [6.07, 6.45) is 7.93. The number of nitrogens with one attached hydrogen (secondary N) is 2. The van der Waals surface area contributed by atoms with Gasteiger partial charge in [0.2, 0.25) is 0 Å². The van der Waals surface area contributed by atoms with Crippen LogP contribution in [0.4, 0.5) is 0 Å². The van der Waals surface area contributed by atoms with Gasteiger partial charge in [-0.25, -0.2) is 5.43 Å². The Labute approximate surface area is 268 Å². The summed E-state index contributed by atoms with van der Waals surface area (Å²) < 4.78 is 6.47. The van der Waals surface area contributed by atoms with Crippen LogP contribution >= 0.6 is 0 Å². The smallest absolute Gasteiger partial charge is 0.143 e. The lowest BCUT2D eigenvalue weighted by molar-refractivity contribution is 0.489. The van der Waals surface area contributed by atoms with Crippen LogP contribution in [0.2, 0.25) is 0 Å². The fraction of sp³-hybridized carbons (Fsp3) is 0.0233. The zero-order chi connectivity index (χ0) is 31.1. The van der Waals surface area contributed by atoms with E-state index in [-0.39, 0.29) is 0 Å². The van der Waals surface area contributed by atoms with Gasteiger partial charge in [-0.1, -0.05) is 141 Å². The van der Waals surface area contributed by atoms with E-state index in [0.29, 0.717) is 0 Å². The van der Waals surface area contributed by atoms with Crippen molar-refractivity contribution in [3.05, 3.63) is 188 Å². The van der Waals surface area contributed by atoms with Crippen LogP contribution < -0.4 is 10.9 Å². The molecule has 0 spiro atoms. The maximum absolute atomic E-state index is 6.47. The highest BCUT2D eigenvalue weighted by Crippen LogP contribution is 2.41. The van der Waals surface area contributed by atoms with Gasteiger partial charge >= 0.3 is 0 Å². The molecule has 1 unspecified atom stereocenters. The zero-order valence-electron chi connectivity index (χ0n) is 25.3. The van der Waals surface area contributed by atoms with Crippen LogP contribution in [0.1, 0.15) is 11.1 Å². The third-order valence-electron chi connectivity index (χ3n) is 9.02. The Bertz CT molecular complexity index is 2360. The van der Waals surface area contributed by atoms with Gasteiger partial charge in [0, 0.05) is 16.2 Å². The van der Waals surface area contributed by atoms with Crippen molar-refractivity contribution in [3.63, 3.8) is 0 Å². The van der Waals surface area contributed by atoms with Crippen LogP contribution in [0.15, 0.2) is 181 Å². The second-order valence-corrected chi connectivity index (χ2v) is 11.6. The molecule has 220 valence electrons. The van der Waals surface area contributed by atoms with Gasteiger partial charge in [0.05, 0.1) is 5.70 Å². The van der Waals surface area contributed by atoms with Gasteiger partial charge < -0.3 is 9.84 Å². The number of rotatable bonds is 7. The summed E-state index contributed by atoms with van der Waals surface area (Å²) in [7, 11) is 0. The molecule has 2 heterocycles. The van der Waals surface area contributed by atoms with E-state index in [9.17, 15) is 0 Å². The Morgan fingerprint density at radius 1 is 0.652 bits per heavy atom. The van der Waals surface area contributed by atoms with Crippen LogP contribution in [0.5, 0.6) is 0 Å². The first-order valence-electron chi connectivity index (χ1n) is 15.5. The van der Waals surface area contributed by atoms with Crippen LogP contribution in [0.25, 0.3) is 60.7 Å². The van der Waals surface area contributed by atoms with Gasteiger partial charge in [0.15, 0.2) is 0 Å². The Hall–Kier alpha value is -5.90. The van der Waals surface area contributed by atoms with E-state index < -0.39 is 5.54 Å². The first-order chi connectivity index (χ1) is 22.7. The SMILES string of the molecule is C=C/C=C(\C=C)C1(c2ccccc2)C=C(c2cccc(-c3cccc(-c4cccc5oc6c7ccccc7ccc6c45)c3)c2)NN1. The van der Waals surface area contributed by atoms with E-state index >= 15 is 0 Å². The third-order valence-corrected chi connectivity index (χ3v) is 9.02. The second kappa shape index (κ2) is 11.2. The average Bonchev–Trinajstić information content (AvgIpc) is 3.75. The lowest BCUT2D eigenvalue weighted by Gasteiger charge is -2.29. The standard InChI is InChI=1S/C43H32N2O/c1-3-13-34(4-2)43(35-19-6-5-7-20-35)28-39(44-45-43)33-18-11-16-31(27-33)30-15-10-17-32(26-30)36-22-12-23-40-41(36)38-25-24-29-14-8-9-21-37(29)42(38)46-40/h3-28,44-45H,1-2H2/b34-13+. The van der Waals surface area contributed by atoms with Gasteiger partial charge in [0.25, 0.3) is 0 Å². The molecule has 2 N–H and O–H groups in total. The van der Waals surface area contributed by atoms with E-state index in [1.807, 2.05) is 18.2 Å². The van der Waals surface area contributed by atoms with Gasteiger partial charge in [-0.05, 0) is 74.7 Å². The molecule has 6 aromatic carbocycles. The van der Waals surface area contributed by atoms with Crippen molar-refractivity contribution in [2.75, 3.05) is 0 Å². The second-order valence-electron chi connectivity index (χ2n) is 11.6. The van der Waals surface area contributed by atoms with Crippen LogP contribution in [-0.2, 0) is 5.54 Å². The molecule has 0 fully saturated rings. The normalized spacial score (nSPS) is 16.4. The molecule has 1 atom stereocenters. The van der Waals surface area contributed by atoms with E-state index in [1.54, 1.807) is 6.08 Å². The highest BCUT2D eigenvalue weighted by Gasteiger charge is 2.37. The summed E-state index contributed by atoms with van der Waals surface area (Å²) in [5.74, 6) is 0. The molecule has 46 heavy (non-hydrogen) atoms. The van der Waals surface area contributed by atoms with E-state index in [2.05, 4.69) is 157 Å². The molecule has 0 aliphatic carbocycles. The number of allylic oxidation sites excluding steroid dienone is 2. The number of fused-ring (bicyclic) bond motifs is 5. The lowest BCUT2D eigenvalue weighted by atomic mass is 9.82. The highest BCUT2D eigenvalue weighted by atomic mass is 16.3. The molecule has 0 amide bonds. The molecular formula is C43H32N2O. The van der Waals surface area contributed by atoms with Gasteiger partial charge in [0.1, 0.15) is 16.7 Å². The molecule has 3 heteroatoms. The minimum Gasteiger partial charge on any atom is -0.455 e. The molecule has 1 aromatic heterocycles. The summed E-state index contributed by atoms with van der Waals surface area (Å²) in [6.45, 7) is 8.04. The monoisotopic (exact) mass is 592 g/mol. The minimum absolute atomic E-state index is 0.584. The maximum Gasteiger partial charge on any atom is 0.143 e. The number of hydrogen-bond donors (Lipinski definition) is 2. The zero-order valence-corrected chi connectivity index (χ0v) is 25.3. The van der Waals surface area contributed by atoms with Gasteiger partial charge in [-0.2, -0.15) is 0 Å². The van der Waals surface area contributed by atoms with Crippen LogP contribution in [-0.4, -0.2) is 0 Å². The summed E-state index contributed by atoms with van der Waals surface area (Å²) >= 11 is 0. The van der Waals surface area contributed by atoms with Crippen LogP contribution in [0, 0.1) is 0 Å². The predicted octanol–water partition coefficient (Wildman–Crippen LogP) is 10.7. The molecule has 0 bridgehead atoms. The topological polar surface area (TPSA) is 37.2 Å². The summed E-state index contributed by atoms with van der Waals surface area (Å²) in [6, 6.07) is 47.0. The Balaban J connectivity index is 1.21. The fourth-order valence-corrected chi connectivity index (χ4v) is 6.80. The van der Waals surface area contributed by atoms with Gasteiger partial charge in [-0.3, -0.25) is 0 Å². The predicted molar refractivity (Wildman–Crippen MR) is 193 cm³/mol. The van der Waals surface area contributed by atoms with Crippen molar-refractivity contribution < 1.29 is 4.42 Å². The van der Waals surface area contributed by atoms with Crippen molar-refractivity contribution >= 4 is 38.4 Å².